The lowest BCUT2D eigenvalue weighted by molar-refractivity contribution is 0.414. The molecule has 0 bridgehead atoms. The summed E-state index contributed by atoms with van der Waals surface area (Å²) < 4.78 is 7.26. The van der Waals surface area contributed by atoms with Crippen molar-refractivity contribution in [2.24, 2.45) is 0 Å². The van der Waals surface area contributed by atoms with Crippen molar-refractivity contribution in [3.05, 3.63) is 48.3 Å². The van der Waals surface area contributed by atoms with Gasteiger partial charge >= 0.3 is 0 Å². The van der Waals surface area contributed by atoms with Gasteiger partial charge in [-0.1, -0.05) is 31.4 Å². The second kappa shape index (κ2) is 7.13. The van der Waals surface area contributed by atoms with E-state index in [1.807, 2.05) is 35.3 Å². The molecule has 2 aromatic heterocycles. The molecule has 4 rings (SSSR count). The summed E-state index contributed by atoms with van der Waals surface area (Å²) in [5.41, 5.74) is 2.31. The predicted octanol–water partition coefficient (Wildman–Crippen LogP) is 4.23. The van der Waals surface area contributed by atoms with Gasteiger partial charge in [-0.25, -0.2) is 4.98 Å². The topological polar surface area (TPSA) is 52.0 Å². The van der Waals surface area contributed by atoms with E-state index in [9.17, 15) is 0 Å². The van der Waals surface area contributed by atoms with E-state index in [1.54, 1.807) is 7.11 Å². The van der Waals surface area contributed by atoms with Crippen molar-refractivity contribution < 1.29 is 4.74 Å². The van der Waals surface area contributed by atoms with Gasteiger partial charge in [-0.15, -0.1) is 0 Å². The third-order valence-corrected chi connectivity index (χ3v) is 5.01. The monoisotopic (exact) mass is 336 g/mol. The Balaban J connectivity index is 1.57. The molecule has 1 aliphatic rings. The van der Waals surface area contributed by atoms with Gasteiger partial charge in [0.15, 0.2) is 0 Å². The van der Waals surface area contributed by atoms with Gasteiger partial charge < -0.3 is 10.1 Å². The van der Waals surface area contributed by atoms with Crippen LogP contribution < -0.4 is 10.1 Å². The van der Waals surface area contributed by atoms with Gasteiger partial charge in [0.2, 0.25) is 0 Å². The minimum Gasteiger partial charge on any atom is -0.497 e. The Morgan fingerprint density at radius 1 is 1.12 bits per heavy atom. The quantitative estimate of drug-likeness (QED) is 0.757. The summed E-state index contributed by atoms with van der Waals surface area (Å²) in [5, 5.41) is 9.33. The van der Waals surface area contributed by atoms with Crippen molar-refractivity contribution in [3.8, 4) is 5.75 Å². The van der Waals surface area contributed by atoms with E-state index < -0.39 is 0 Å². The molecule has 130 valence electrons. The first-order chi connectivity index (χ1) is 12.3. The molecule has 0 saturated heterocycles. The van der Waals surface area contributed by atoms with Gasteiger partial charge in [-0.2, -0.15) is 5.10 Å². The van der Waals surface area contributed by atoms with E-state index in [0.717, 1.165) is 29.0 Å². The molecule has 1 aromatic carbocycles. The van der Waals surface area contributed by atoms with E-state index >= 15 is 0 Å². The highest BCUT2D eigenvalue weighted by Crippen LogP contribution is 2.26. The Hall–Kier alpha value is -2.56. The van der Waals surface area contributed by atoms with E-state index in [0.29, 0.717) is 6.04 Å². The molecule has 0 amide bonds. The van der Waals surface area contributed by atoms with E-state index in [1.165, 1.54) is 37.7 Å². The fraction of sp³-hybridized carbons (Fsp3) is 0.400. The molecule has 0 radical (unpaired) electrons. The number of pyridine rings is 1. The number of rotatable bonds is 5. The minimum atomic E-state index is 0.539. The highest BCUT2D eigenvalue weighted by Gasteiger charge is 2.16. The standard InChI is InChI=1S/C20H24N4O/c1-25-17-9-7-15(8-10-17)14-24-19-11-12-21-20(18(19)13-22-24)23-16-5-3-2-4-6-16/h7-13,16H,2-6,14H2,1H3,(H,21,23). The van der Waals surface area contributed by atoms with E-state index in [4.69, 9.17) is 4.74 Å². The van der Waals surface area contributed by atoms with E-state index in [2.05, 4.69) is 27.5 Å². The van der Waals surface area contributed by atoms with Crippen LogP contribution in [0.2, 0.25) is 0 Å². The maximum absolute atomic E-state index is 5.22. The molecule has 0 unspecified atom stereocenters. The van der Waals surface area contributed by atoms with Crippen LogP contribution in [0.5, 0.6) is 5.75 Å². The number of ether oxygens (including phenoxy) is 1. The molecule has 1 saturated carbocycles. The average Bonchev–Trinajstić information content (AvgIpc) is 3.07. The summed E-state index contributed by atoms with van der Waals surface area (Å²) in [6, 6.07) is 10.7. The summed E-state index contributed by atoms with van der Waals surface area (Å²) in [5.74, 6) is 1.84. The zero-order chi connectivity index (χ0) is 17.1. The lowest BCUT2D eigenvalue weighted by atomic mass is 9.95. The molecular weight excluding hydrogens is 312 g/mol. The van der Waals surface area contributed by atoms with Crippen LogP contribution in [0.15, 0.2) is 42.7 Å². The average molecular weight is 336 g/mol. The number of nitrogens with one attached hydrogen (secondary N) is 1. The minimum absolute atomic E-state index is 0.539. The first-order valence-corrected chi connectivity index (χ1v) is 9.03. The van der Waals surface area contributed by atoms with Gasteiger partial charge in [0.1, 0.15) is 11.6 Å². The van der Waals surface area contributed by atoms with Crippen LogP contribution >= 0.6 is 0 Å². The number of anilines is 1. The van der Waals surface area contributed by atoms with Crippen molar-refractivity contribution in [2.75, 3.05) is 12.4 Å². The molecule has 1 N–H and O–H groups in total. The number of aromatic nitrogens is 3. The van der Waals surface area contributed by atoms with Crippen LogP contribution in [0.3, 0.4) is 0 Å². The molecule has 0 aliphatic heterocycles. The SMILES string of the molecule is COc1ccc(Cn2ncc3c(NC4CCCCC4)nccc32)cc1. The predicted molar refractivity (Wildman–Crippen MR) is 100 cm³/mol. The molecule has 5 heteroatoms. The third-order valence-electron chi connectivity index (χ3n) is 5.01. The Bertz CT molecular complexity index is 835. The van der Waals surface area contributed by atoms with Crippen molar-refractivity contribution >= 4 is 16.7 Å². The number of methoxy groups -OCH3 is 1. The Kier molecular flexibility index (Phi) is 4.55. The fourth-order valence-electron chi connectivity index (χ4n) is 3.59. The lowest BCUT2D eigenvalue weighted by Crippen LogP contribution is -2.22. The largest absolute Gasteiger partial charge is 0.497 e. The number of hydrogen-bond acceptors (Lipinski definition) is 4. The van der Waals surface area contributed by atoms with Crippen LogP contribution in [0.1, 0.15) is 37.7 Å². The zero-order valence-corrected chi connectivity index (χ0v) is 14.6. The number of hydrogen-bond donors (Lipinski definition) is 1. The third kappa shape index (κ3) is 3.45. The smallest absolute Gasteiger partial charge is 0.137 e. The molecule has 1 fully saturated rings. The maximum Gasteiger partial charge on any atom is 0.137 e. The first-order valence-electron chi connectivity index (χ1n) is 9.03. The molecule has 3 aromatic rings. The Morgan fingerprint density at radius 3 is 2.68 bits per heavy atom. The highest BCUT2D eigenvalue weighted by atomic mass is 16.5. The molecule has 2 heterocycles. The molecule has 25 heavy (non-hydrogen) atoms. The van der Waals surface area contributed by atoms with Crippen LogP contribution in [0, 0.1) is 0 Å². The summed E-state index contributed by atoms with van der Waals surface area (Å²) in [6.45, 7) is 0.736. The van der Waals surface area contributed by atoms with Crippen LogP contribution in [-0.4, -0.2) is 27.9 Å². The summed E-state index contributed by atoms with van der Waals surface area (Å²) >= 11 is 0. The number of nitrogens with zero attached hydrogens (tertiary/aromatic N) is 3. The zero-order valence-electron chi connectivity index (χ0n) is 14.6. The summed E-state index contributed by atoms with van der Waals surface area (Å²) in [7, 11) is 1.68. The Morgan fingerprint density at radius 2 is 1.92 bits per heavy atom. The molecule has 0 atom stereocenters. The van der Waals surface area contributed by atoms with Crippen molar-refractivity contribution in [1.29, 1.82) is 0 Å². The van der Waals surface area contributed by atoms with Crippen LogP contribution in [0.4, 0.5) is 5.82 Å². The van der Waals surface area contributed by atoms with Gasteiger partial charge in [0, 0.05) is 12.2 Å². The second-order valence-corrected chi connectivity index (χ2v) is 6.72. The van der Waals surface area contributed by atoms with Gasteiger partial charge in [-0.3, -0.25) is 4.68 Å². The highest BCUT2D eigenvalue weighted by molar-refractivity contribution is 5.89. The van der Waals surface area contributed by atoms with Crippen molar-refractivity contribution in [2.45, 2.75) is 44.7 Å². The fourth-order valence-corrected chi connectivity index (χ4v) is 3.59. The van der Waals surface area contributed by atoms with Gasteiger partial charge in [0.05, 0.1) is 30.8 Å². The Labute approximate surface area is 148 Å². The molecule has 1 aliphatic carbocycles. The van der Waals surface area contributed by atoms with Crippen LogP contribution in [-0.2, 0) is 6.54 Å². The first kappa shape index (κ1) is 15.9. The molecule has 5 nitrogen and oxygen atoms in total. The number of benzene rings is 1. The summed E-state index contributed by atoms with van der Waals surface area (Å²) in [4.78, 5) is 4.56. The van der Waals surface area contributed by atoms with Gasteiger partial charge in [-0.05, 0) is 36.6 Å². The number of fused-ring (bicyclic) bond motifs is 1. The van der Waals surface area contributed by atoms with Gasteiger partial charge in [0.25, 0.3) is 0 Å². The van der Waals surface area contributed by atoms with Crippen molar-refractivity contribution in [1.82, 2.24) is 14.8 Å². The maximum atomic E-state index is 5.22. The van der Waals surface area contributed by atoms with Crippen molar-refractivity contribution in [3.63, 3.8) is 0 Å². The second-order valence-electron chi connectivity index (χ2n) is 6.72. The normalized spacial score (nSPS) is 15.4. The molecular formula is C20H24N4O. The molecule has 0 spiro atoms. The lowest BCUT2D eigenvalue weighted by Gasteiger charge is -2.23. The van der Waals surface area contributed by atoms with Crippen LogP contribution in [0.25, 0.3) is 10.9 Å². The van der Waals surface area contributed by atoms with E-state index in [-0.39, 0.29) is 0 Å². The summed E-state index contributed by atoms with van der Waals surface area (Å²) in [6.07, 6.45) is 10.2.